The molecular weight excluding hydrogens is 474 g/mol. The summed E-state index contributed by atoms with van der Waals surface area (Å²) in [4.78, 5) is 28.6. The van der Waals surface area contributed by atoms with Crippen molar-refractivity contribution >= 4 is 17.4 Å². The van der Waals surface area contributed by atoms with Gasteiger partial charge in [-0.25, -0.2) is 0 Å². The van der Waals surface area contributed by atoms with Gasteiger partial charge in [-0.2, -0.15) is 0 Å². The molecule has 0 radical (unpaired) electrons. The number of aliphatic hydroxyl groups is 1. The van der Waals surface area contributed by atoms with E-state index in [1.807, 2.05) is 66.7 Å². The van der Waals surface area contributed by atoms with E-state index in [1.165, 1.54) is 11.1 Å². The van der Waals surface area contributed by atoms with Crippen molar-refractivity contribution in [1.29, 1.82) is 0 Å². The van der Waals surface area contributed by atoms with Crippen LogP contribution in [0.2, 0.25) is 0 Å². The fraction of sp³-hybridized carbons (Fsp3) is 0.333. The molecule has 0 bridgehead atoms. The summed E-state index contributed by atoms with van der Waals surface area (Å²) in [5.74, 6) is -0.768. The van der Waals surface area contributed by atoms with E-state index < -0.39 is 17.7 Å². The number of hydrogen-bond acceptors (Lipinski definition) is 4. The zero-order valence-corrected chi connectivity index (χ0v) is 22.6. The highest BCUT2D eigenvalue weighted by Gasteiger charge is 2.46. The minimum atomic E-state index is -0.718. The van der Waals surface area contributed by atoms with Gasteiger partial charge in [-0.05, 0) is 65.5 Å². The van der Waals surface area contributed by atoms with Crippen molar-refractivity contribution in [2.24, 2.45) is 0 Å². The summed E-state index contributed by atoms with van der Waals surface area (Å²) in [5, 5.41) is 11.6. The number of aliphatic hydroxyl groups excluding tert-OH is 1. The van der Waals surface area contributed by atoms with Crippen LogP contribution < -0.4 is 4.74 Å². The summed E-state index contributed by atoms with van der Waals surface area (Å²) in [6, 6.07) is 20.7. The summed E-state index contributed by atoms with van der Waals surface area (Å²) >= 11 is 0. The lowest BCUT2D eigenvalue weighted by atomic mass is 9.85. The molecule has 0 saturated carbocycles. The van der Waals surface area contributed by atoms with Crippen molar-refractivity contribution in [2.75, 3.05) is 7.11 Å². The lowest BCUT2D eigenvalue weighted by Gasteiger charge is -2.27. The predicted octanol–water partition coefficient (Wildman–Crippen LogP) is 6.49. The standard InChI is InChI=1S/C33H35NO4/c1-33(2,3)26-17-15-22(16-18-26)29-28(30(35)24-14-13-21-9-5-6-10-23(21)19-24)31(36)32(37)34(29)20-25-11-7-8-12-27(25)38-4/h7-8,11-19,29,35H,5-6,9-10,20H2,1-4H3/b30-28-. The number of carbonyl (C=O) groups is 2. The number of ketones is 1. The minimum Gasteiger partial charge on any atom is -0.507 e. The molecule has 5 heteroatoms. The summed E-state index contributed by atoms with van der Waals surface area (Å²) in [6.07, 6.45) is 4.26. The number of likely N-dealkylation sites (tertiary alicyclic amines) is 1. The molecule has 0 spiro atoms. The van der Waals surface area contributed by atoms with E-state index in [2.05, 4.69) is 20.8 Å². The third-order valence-corrected chi connectivity index (χ3v) is 7.79. The normalized spacial score (nSPS) is 18.9. The first-order valence-electron chi connectivity index (χ1n) is 13.3. The highest BCUT2D eigenvalue weighted by Crippen LogP contribution is 2.42. The fourth-order valence-corrected chi connectivity index (χ4v) is 5.61. The number of hydrogen-bond donors (Lipinski definition) is 1. The molecule has 1 aliphatic carbocycles. The van der Waals surface area contributed by atoms with Crippen LogP contribution >= 0.6 is 0 Å². The number of carbonyl (C=O) groups excluding carboxylic acids is 2. The number of fused-ring (bicyclic) bond motifs is 1. The predicted molar refractivity (Wildman–Crippen MR) is 149 cm³/mol. The van der Waals surface area contributed by atoms with Gasteiger partial charge in [0.2, 0.25) is 0 Å². The second-order valence-corrected chi connectivity index (χ2v) is 11.3. The van der Waals surface area contributed by atoms with Crippen LogP contribution in [0.3, 0.4) is 0 Å². The highest BCUT2D eigenvalue weighted by molar-refractivity contribution is 6.46. The Morgan fingerprint density at radius 3 is 2.32 bits per heavy atom. The molecule has 1 atom stereocenters. The summed E-state index contributed by atoms with van der Waals surface area (Å²) < 4.78 is 5.52. The molecule has 1 N–H and O–H groups in total. The maximum atomic E-state index is 13.5. The molecule has 196 valence electrons. The van der Waals surface area contributed by atoms with E-state index in [-0.39, 0.29) is 23.3 Å². The Kier molecular flexibility index (Phi) is 6.87. The number of Topliss-reactive ketones (excluding diaryl/α,β-unsaturated/α-hetero) is 1. The number of methoxy groups -OCH3 is 1. The summed E-state index contributed by atoms with van der Waals surface area (Å²) in [5.41, 5.74) is 5.89. The van der Waals surface area contributed by atoms with Crippen LogP contribution in [0, 0.1) is 0 Å². The van der Waals surface area contributed by atoms with Gasteiger partial charge in [0.15, 0.2) is 0 Å². The van der Waals surface area contributed by atoms with Gasteiger partial charge in [-0.3, -0.25) is 9.59 Å². The largest absolute Gasteiger partial charge is 0.507 e. The maximum Gasteiger partial charge on any atom is 0.295 e. The molecule has 5 nitrogen and oxygen atoms in total. The Bertz CT molecular complexity index is 1410. The zero-order chi connectivity index (χ0) is 27.0. The average molecular weight is 510 g/mol. The molecular formula is C33H35NO4. The first-order valence-corrected chi connectivity index (χ1v) is 13.3. The van der Waals surface area contributed by atoms with Gasteiger partial charge in [0, 0.05) is 11.1 Å². The van der Waals surface area contributed by atoms with Crippen molar-refractivity contribution in [2.45, 2.75) is 64.5 Å². The smallest absolute Gasteiger partial charge is 0.295 e. The molecule has 3 aromatic rings. The van der Waals surface area contributed by atoms with Crippen LogP contribution in [0.5, 0.6) is 5.75 Å². The van der Waals surface area contributed by atoms with Crippen molar-refractivity contribution in [3.63, 3.8) is 0 Å². The van der Waals surface area contributed by atoms with Crippen LogP contribution in [0.25, 0.3) is 5.76 Å². The number of rotatable bonds is 5. The monoisotopic (exact) mass is 509 g/mol. The van der Waals surface area contributed by atoms with Crippen LogP contribution in [-0.4, -0.2) is 28.8 Å². The number of amides is 1. The molecule has 1 fully saturated rings. The van der Waals surface area contributed by atoms with E-state index in [0.717, 1.165) is 42.4 Å². The molecule has 5 rings (SSSR count). The van der Waals surface area contributed by atoms with E-state index in [1.54, 1.807) is 12.0 Å². The lowest BCUT2D eigenvalue weighted by molar-refractivity contribution is -0.140. The van der Waals surface area contributed by atoms with E-state index >= 15 is 0 Å². The topological polar surface area (TPSA) is 66.8 Å². The third-order valence-electron chi connectivity index (χ3n) is 7.79. The molecule has 0 aromatic heterocycles. The molecule has 1 heterocycles. The highest BCUT2D eigenvalue weighted by atomic mass is 16.5. The Balaban J connectivity index is 1.64. The van der Waals surface area contributed by atoms with Crippen molar-refractivity contribution in [1.82, 2.24) is 4.90 Å². The molecule has 2 aliphatic rings. The van der Waals surface area contributed by atoms with E-state index in [0.29, 0.717) is 11.3 Å². The quantitative estimate of drug-likeness (QED) is 0.242. The SMILES string of the molecule is COc1ccccc1CN1C(=O)C(=O)/C(=C(\O)c2ccc3c(c2)CCCC3)C1c1ccc(C(C)(C)C)cc1. The Labute approximate surface area is 224 Å². The summed E-state index contributed by atoms with van der Waals surface area (Å²) in [7, 11) is 1.59. The number of para-hydroxylation sites is 1. The zero-order valence-electron chi connectivity index (χ0n) is 22.6. The van der Waals surface area contributed by atoms with Gasteiger partial charge >= 0.3 is 0 Å². The first-order chi connectivity index (χ1) is 18.2. The molecule has 1 amide bonds. The molecule has 3 aromatic carbocycles. The summed E-state index contributed by atoms with van der Waals surface area (Å²) in [6.45, 7) is 6.62. The van der Waals surface area contributed by atoms with Crippen molar-refractivity contribution in [3.05, 3.63) is 106 Å². The average Bonchev–Trinajstić information content (AvgIpc) is 3.17. The Morgan fingerprint density at radius 2 is 1.63 bits per heavy atom. The lowest BCUT2D eigenvalue weighted by Crippen LogP contribution is -2.29. The van der Waals surface area contributed by atoms with Crippen LogP contribution in [0.4, 0.5) is 0 Å². The number of benzene rings is 3. The van der Waals surface area contributed by atoms with Gasteiger partial charge < -0.3 is 14.7 Å². The molecule has 1 aliphatic heterocycles. The minimum absolute atomic E-state index is 0.0408. The number of ether oxygens (including phenoxy) is 1. The van der Waals surface area contributed by atoms with Gasteiger partial charge in [-0.15, -0.1) is 0 Å². The number of nitrogens with zero attached hydrogens (tertiary/aromatic N) is 1. The van der Waals surface area contributed by atoms with Crippen LogP contribution in [-0.2, 0) is 34.4 Å². The van der Waals surface area contributed by atoms with Gasteiger partial charge in [0.25, 0.3) is 11.7 Å². The third kappa shape index (κ3) is 4.73. The van der Waals surface area contributed by atoms with Crippen LogP contribution in [0.1, 0.15) is 73.0 Å². The second-order valence-electron chi connectivity index (χ2n) is 11.3. The van der Waals surface area contributed by atoms with E-state index in [4.69, 9.17) is 4.74 Å². The van der Waals surface area contributed by atoms with Gasteiger partial charge in [-0.1, -0.05) is 75.4 Å². The maximum absolute atomic E-state index is 13.5. The molecule has 38 heavy (non-hydrogen) atoms. The van der Waals surface area contributed by atoms with Crippen molar-refractivity contribution in [3.8, 4) is 5.75 Å². The second kappa shape index (κ2) is 10.1. The Hall–Kier alpha value is -3.86. The van der Waals surface area contributed by atoms with Gasteiger partial charge in [0.1, 0.15) is 11.5 Å². The van der Waals surface area contributed by atoms with Gasteiger partial charge in [0.05, 0.1) is 25.3 Å². The van der Waals surface area contributed by atoms with E-state index in [9.17, 15) is 14.7 Å². The van der Waals surface area contributed by atoms with Crippen molar-refractivity contribution < 1.29 is 19.4 Å². The van der Waals surface area contributed by atoms with Crippen LogP contribution in [0.15, 0.2) is 72.3 Å². The molecule has 1 unspecified atom stereocenters. The fourth-order valence-electron chi connectivity index (χ4n) is 5.61. The Morgan fingerprint density at radius 1 is 0.947 bits per heavy atom. The molecule has 1 saturated heterocycles. The number of aryl methyl sites for hydroxylation is 2. The first kappa shape index (κ1) is 25.8.